The second-order valence-electron chi connectivity index (χ2n) is 6.37. The number of amides is 1. The summed E-state index contributed by atoms with van der Waals surface area (Å²) in [4.78, 5) is 23.1. The molecule has 0 spiro atoms. The molecule has 0 heterocycles. The van der Waals surface area contributed by atoms with Crippen molar-refractivity contribution in [1.29, 1.82) is 0 Å². The molecule has 116 valence electrons. The average molecular weight is 312 g/mol. The number of rotatable bonds is 6. The Morgan fingerprint density at radius 3 is 2.43 bits per heavy atom. The molecule has 0 bridgehead atoms. The van der Waals surface area contributed by atoms with Crippen molar-refractivity contribution < 1.29 is 14.7 Å². The van der Waals surface area contributed by atoms with Crippen LogP contribution in [-0.2, 0) is 16.0 Å². The molecule has 0 saturated carbocycles. The van der Waals surface area contributed by atoms with Crippen molar-refractivity contribution in [1.82, 2.24) is 5.32 Å². The first-order valence-electron chi connectivity index (χ1n) is 6.92. The monoisotopic (exact) mass is 311 g/mol. The van der Waals surface area contributed by atoms with Gasteiger partial charge in [-0.15, -0.1) is 0 Å². The first kappa shape index (κ1) is 17.5. The smallest absolute Gasteiger partial charge is 0.308 e. The van der Waals surface area contributed by atoms with E-state index < -0.39 is 11.9 Å². The summed E-state index contributed by atoms with van der Waals surface area (Å²) >= 11 is 5.99. The molecule has 0 saturated heterocycles. The second kappa shape index (κ2) is 7.46. The molecule has 0 aliphatic heterocycles. The Morgan fingerprint density at radius 2 is 1.90 bits per heavy atom. The lowest BCUT2D eigenvalue weighted by molar-refractivity contribution is -0.142. The Labute approximate surface area is 130 Å². The minimum Gasteiger partial charge on any atom is -0.481 e. The molecular formula is C16H22ClNO3. The van der Waals surface area contributed by atoms with E-state index >= 15 is 0 Å². The molecule has 1 rings (SSSR count). The summed E-state index contributed by atoms with van der Waals surface area (Å²) in [6.45, 7) is 6.08. The Balaban J connectivity index is 2.54. The van der Waals surface area contributed by atoms with Gasteiger partial charge in [0, 0.05) is 11.6 Å². The molecule has 21 heavy (non-hydrogen) atoms. The van der Waals surface area contributed by atoms with Crippen LogP contribution in [-0.4, -0.2) is 23.5 Å². The van der Waals surface area contributed by atoms with E-state index in [0.717, 1.165) is 5.56 Å². The van der Waals surface area contributed by atoms with Crippen LogP contribution >= 0.6 is 11.6 Å². The standard InChI is InChI=1S/C16H22ClNO3/c1-16(2,3)9-12(15(20)21)10-18-14(19)8-11-6-4-5-7-13(11)17/h4-7,12H,8-10H2,1-3H3,(H,18,19)(H,20,21). The van der Waals surface area contributed by atoms with Crippen LogP contribution < -0.4 is 5.32 Å². The SMILES string of the molecule is CC(C)(C)CC(CNC(=O)Cc1ccccc1Cl)C(=O)O. The predicted octanol–water partition coefficient (Wildman–Crippen LogP) is 3.14. The van der Waals surface area contributed by atoms with E-state index in [1.54, 1.807) is 18.2 Å². The van der Waals surface area contributed by atoms with Crippen molar-refractivity contribution in [2.45, 2.75) is 33.6 Å². The Bertz CT molecular complexity index is 508. The minimum absolute atomic E-state index is 0.101. The van der Waals surface area contributed by atoms with Crippen LogP contribution in [0.25, 0.3) is 0 Å². The first-order valence-corrected chi connectivity index (χ1v) is 7.30. The Morgan fingerprint density at radius 1 is 1.29 bits per heavy atom. The maximum Gasteiger partial charge on any atom is 0.308 e. The molecule has 5 heteroatoms. The number of carboxylic acid groups (broad SMARTS) is 1. The van der Waals surface area contributed by atoms with Gasteiger partial charge in [0.25, 0.3) is 0 Å². The Hall–Kier alpha value is -1.55. The zero-order valence-electron chi connectivity index (χ0n) is 12.6. The molecule has 0 aromatic heterocycles. The van der Waals surface area contributed by atoms with E-state index in [9.17, 15) is 14.7 Å². The summed E-state index contributed by atoms with van der Waals surface area (Å²) < 4.78 is 0. The van der Waals surface area contributed by atoms with E-state index in [1.165, 1.54) is 0 Å². The highest BCUT2D eigenvalue weighted by atomic mass is 35.5. The second-order valence-corrected chi connectivity index (χ2v) is 6.78. The number of carbonyl (C=O) groups excluding carboxylic acids is 1. The largest absolute Gasteiger partial charge is 0.481 e. The van der Waals surface area contributed by atoms with Crippen molar-refractivity contribution in [2.24, 2.45) is 11.3 Å². The van der Waals surface area contributed by atoms with E-state index in [-0.39, 0.29) is 24.3 Å². The van der Waals surface area contributed by atoms with Crippen molar-refractivity contribution in [3.63, 3.8) is 0 Å². The van der Waals surface area contributed by atoms with Gasteiger partial charge in [0.15, 0.2) is 0 Å². The molecule has 4 nitrogen and oxygen atoms in total. The summed E-state index contributed by atoms with van der Waals surface area (Å²) in [7, 11) is 0. The van der Waals surface area contributed by atoms with Gasteiger partial charge in [0.2, 0.25) is 5.91 Å². The highest BCUT2D eigenvalue weighted by Gasteiger charge is 2.25. The topological polar surface area (TPSA) is 66.4 Å². The first-order chi connectivity index (χ1) is 9.69. The summed E-state index contributed by atoms with van der Waals surface area (Å²) in [5, 5.41) is 12.4. The molecule has 0 aliphatic carbocycles. The van der Waals surface area contributed by atoms with E-state index in [0.29, 0.717) is 11.4 Å². The van der Waals surface area contributed by atoms with Crippen molar-refractivity contribution in [3.05, 3.63) is 34.9 Å². The van der Waals surface area contributed by atoms with Crippen molar-refractivity contribution >= 4 is 23.5 Å². The molecule has 0 aliphatic rings. The zero-order chi connectivity index (χ0) is 16.0. The highest BCUT2D eigenvalue weighted by Crippen LogP contribution is 2.24. The lowest BCUT2D eigenvalue weighted by atomic mass is 9.84. The number of benzene rings is 1. The summed E-state index contributed by atoms with van der Waals surface area (Å²) in [5.41, 5.74) is 0.635. The van der Waals surface area contributed by atoms with Crippen LogP contribution in [0.1, 0.15) is 32.8 Å². The van der Waals surface area contributed by atoms with Crippen LogP contribution in [0, 0.1) is 11.3 Å². The number of nitrogens with one attached hydrogen (secondary N) is 1. The number of hydrogen-bond acceptors (Lipinski definition) is 2. The number of hydrogen-bond donors (Lipinski definition) is 2. The van der Waals surface area contributed by atoms with Gasteiger partial charge in [-0.1, -0.05) is 50.6 Å². The van der Waals surface area contributed by atoms with Crippen LogP contribution in [0.5, 0.6) is 0 Å². The lowest BCUT2D eigenvalue weighted by Crippen LogP contribution is -2.35. The van der Waals surface area contributed by atoms with E-state index in [2.05, 4.69) is 5.32 Å². The minimum atomic E-state index is -0.886. The molecule has 1 unspecified atom stereocenters. The third-order valence-electron chi connectivity index (χ3n) is 3.06. The molecule has 1 atom stereocenters. The fourth-order valence-corrected chi connectivity index (χ4v) is 2.30. The van der Waals surface area contributed by atoms with Gasteiger partial charge in [-0.25, -0.2) is 0 Å². The van der Waals surface area contributed by atoms with Gasteiger partial charge in [-0.05, 0) is 23.5 Å². The number of aliphatic carboxylic acids is 1. The predicted molar refractivity (Wildman–Crippen MR) is 83.4 cm³/mol. The van der Waals surface area contributed by atoms with E-state index in [1.807, 2.05) is 26.8 Å². The van der Waals surface area contributed by atoms with Crippen LogP contribution in [0.4, 0.5) is 0 Å². The summed E-state index contributed by atoms with van der Waals surface area (Å²) in [6.07, 6.45) is 0.663. The third-order valence-corrected chi connectivity index (χ3v) is 3.43. The van der Waals surface area contributed by atoms with Crippen molar-refractivity contribution in [2.75, 3.05) is 6.54 Å². The maximum absolute atomic E-state index is 11.9. The van der Waals surface area contributed by atoms with Gasteiger partial charge in [-0.2, -0.15) is 0 Å². The fourth-order valence-electron chi connectivity index (χ4n) is 2.10. The number of halogens is 1. The molecular weight excluding hydrogens is 290 g/mol. The van der Waals surface area contributed by atoms with Crippen LogP contribution in [0.2, 0.25) is 5.02 Å². The van der Waals surface area contributed by atoms with Crippen LogP contribution in [0.15, 0.2) is 24.3 Å². The highest BCUT2D eigenvalue weighted by molar-refractivity contribution is 6.31. The number of carboxylic acids is 1. The number of carbonyl (C=O) groups is 2. The average Bonchev–Trinajstić information content (AvgIpc) is 2.35. The fraction of sp³-hybridized carbons (Fsp3) is 0.500. The van der Waals surface area contributed by atoms with E-state index in [4.69, 9.17) is 11.6 Å². The van der Waals surface area contributed by atoms with Gasteiger partial charge >= 0.3 is 5.97 Å². The molecule has 1 aromatic carbocycles. The van der Waals surface area contributed by atoms with Crippen LogP contribution in [0.3, 0.4) is 0 Å². The summed E-state index contributed by atoms with van der Waals surface area (Å²) in [5.74, 6) is -1.69. The molecule has 2 N–H and O–H groups in total. The van der Waals surface area contributed by atoms with Gasteiger partial charge in [0.1, 0.15) is 0 Å². The third kappa shape index (κ3) is 6.63. The van der Waals surface area contributed by atoms with Crippen molar-refractivity contribution in [3.8, 4) is 0 Å². The normalized spacial score (nSPS) is 12.8. The molecule has 1 aromatic rings. The Kier molecular flexibility index (Phi) is 6.21. The zero-order valence-corrected chi connectivity index (χ0v) is 13.4. The lowest BCUT2D eigenvalue weighted by Gasteiger charge is -2.23. The van der Waals surface area contributed by atoms with Gasteiger partial charge in [-0.3, -0.25) is 9.59 Å². The summed E-state index contributed by atoms with van der Waals surface area (Å²) in [6, 6.07) is 7.12. The van der Waals surface area contributed by atoms with Gasteiger partial charge in [0.05, 0.1) is 12.3 Å². The molecule has 1 amide bonds. The maximum atomic E-state index is 11.9. The molecule has 0 radical (unpaired) electrons. The molecule has 0 fully saturated rings. The van der Waals surface area contributed by atoms with Gasteiger partial charge < -0.3 is 10.4 Å². The quantitative estimate of drug-likeness (QED) is 0.848.